The molecule has 1 atom stereocenters. The van der Waals surface area contributed by atoms with Gasteiger partial charge in [0.1, 0.15) is 28.1 Å². The number of anilines is 1. The molecule has 0 bridgehead atoms. The average molecular weight is 418 g/mol. The molecule has 0 saturated carbocycles. The van der Waals surface area contributed by atoms with Crippen LogP contribution < -0.4 is 5.32 Å². The Labute approximate surface area is 169 Å². The molecule has 1 aliphatic rings. The van der Waals surface area contributed by atoms with Crippen molar-refractivity contribution in [3.63, 3.8) is 0 Å². The smallest absolute Gasteiger partial charge is 0.322 e. The number of hydrogen-bond donors (Lipinski definition) is 1. The number of rotatable bonds is 3. The lowest BCUT2D eigenvalue weighted by atomic mass is 9.99. The fourth-order valence-corrected chi connectivity index (χ4v) is 4.31. The van der Waals surface area contributed by atoms with Gasteiger partial charge >= 0.3 is 6.03 Å². The summed E-state index contributed by atoms with van der Waals surface area (Å²) in [6.07, 6.45) is 1.51. The Morgan fingerprint density at radius 2 is 1.76 bits per heavy atom. The Hall–Kier alpha value is -2.94. The molecule has 4 rings (SSSR count). The van der Waals surface area contributed by atoms with Crippen LogP contribution in [0.5, 0.6) is 0 Å². The number of urea groups is 1. The molecule has 0 spiro atoms. The van der Waals surface area contributed by atoms with E-state index in [9.17, 15) is 18.0 Å². The number of hydrogen-bond acceptors (Lipinski definition) is 4. The molecule has 2 aromatic carbocycles. The van der Waals surface area contributed by atoms with Crippen LogP contribution in [-0.4, -0.2) is 34.2 Å². The summed E-state index contributed by atoms with van der Waals surface area (Å²) in [7, 11) is 0. The van der Waals surface area contributed by atoms with E-state index in [2.05, 4.69) is 15.5 Å². The molecule has 5 nitrogen and oxygen atoms in total. The molecule has 3 aromatic rings. The first-order valence-electron chi connectivity index (χ1n) is 9.11. The van der Waals surface area contributed by atoms with E-state index in [-0.39, 0.29) is 11.7 Å². The van der Waals surface area contributed by atoms with Gasteiger partial charge in [-0.3, -0.25) is 0 Å². The summed E-state index contributed by atoms with van der Waals surface area (Å²) in [6.45, 7) is 0.811. The molecule has 150 valence electrons. The lowest BCUT2D eigenvalue weighted by Crippen LogP contribution is -2.41. The van der Waals surface area contributed by atoms with Crippen molar-refractivity contribution < 1.29 is 18.0 Å². The zero-order valence-electron chi connectivity index (χ0n) is 15.2. The van der Waals surface area contributed by atoms with Crippen LogP contribution in [0.4, 0.5) is 23.7 Å². The van der Waals surface area contributed by atoms with Crippen LogP contribution in [0.3, 0.4) is 0 Å². The molecule has 1 aromatic heterocycles. The third kappa shape index (κ3) is 4.09. The number of aromatic nitrogens is 2. The molecule has 0 radical (unpaired) electrons. The molecular formula is C20H17F3N4OS. The number of amides is 2. The highest BCUT2D eigenvalue weighted by atomic mass is 32.1. The molecule has 1 saturated heterocycles. The number of benzene rings is 2. The second-order valence-electron chi connectivity index (χ2n) is 6.74. The maximum absolute atomic E-state index is 14.0. The highest BCUT2D eigenvalue weighted by molar-refractivity contribution is 7.14. The number of nitrogens with zero attached hydrogens (tertiary/aromatic N) is 3. The summed E-state index contributed by atoms with van der Waals surface area (Å²) in [5, 5.41) is 11.8. The zero-order valence-corrected chi connectivity index (χ0v) is 16.1. The number of para-hydroxylation sites is 1. The lowest BCUT2D eigenvalue weighted by molar-refractivity contribution is 0.192. The van der Waals surface area contributed by atoms with Crippen LogP contribution in [-0.2, 0) is 0 Å². The molecule has 29 heavy (non-hydrogen) atoms. The standard InChI is InChI=1S/C20H17F3N4OS/c21-14-7-2-1-6-13(14)19-26-25-18(29-19)12-5-4-10-27(11-12)20(28)24-17-15(22)8-3-9-16(17)23/h1-3,6-9,12H,4-5,10-11H2,(H,24,28). The van der Waals surface area contributed by atoms with E-state index in [1.807, 2.05) is 0 Å². The van der Waals surface area contributed by atoms with Gasteiger partial charge < -0.3 is 10.2 Å². The van der Waals surface area contributed by atoms with Gasteiger partial charge in [0, 0.05) is 24.6 Å². The lowest BCUT2D eigenvalue weighted by Gasteiger charge is -2.31. The second kappa shape index (κ2) is 8.20. The van der Waals surface area contributed by atoms with Gasteiger partial charge in [-0.1, -0.05) is 29.5 Å². The first-order valence-corrected chi connectivity index (χ1v) is 9.93. The number of piperidine rings is 1. The molecule has 1 fully saturated rings. The largest absolute Gasteiger partial charge is 0.324 e. The summed E-state index contributed by atoms with van der Waals surface area (Å²) in [5.74, 6) is -2.10. The molecule has 2 amide bonds. The van der Waals surface area contributed by atoms with Crippen molar-refractivity contribution in [3.05, 3.63) is 64.9 Å². The maximum Gasteiger partial charge on any atom is 0.322 e. The quantitative estimate of drug-likeness (QED) is 0.649. The minimum atomic E-state index is -0.828. The molecule has 1 unspecified atom stereocenters. The Morgan fingerprint density at radius 3 is 2.52 bits per heavy atom. The van der Waals surface area contributed by atoms with Crippen molar-refractivity contribution in [2.45, 2.75) is 18.8 Å². The number of carbonyl (C=O) groups is 1. The minimum Gasteiger partial charge on any atom is -0.324 e. The number of nitrogens with one attached hydrogen (secondary N) is 1. The second-order valence-corrected chi connectivity index (χ2v) is 7.75. The van der Waals surface area contributed by atoms with Crippen LogP contribution in [0.25, 0.3) is 10.6 Å². The van der Waals surface area contributed by atoms with Crippen molar-refractivity contribution in [3.8, 4) is 10.6 Å². The van der Waals surface area contributed by atoms with E-state index in [1.165, 1.54) is 28.4 Å². The van der Waals surface area contributed by atoms with E-state index >= 15 is 0 Å². The van der Waals surface area contributed by atoms with Gasteiger partial charge in [0.25, 0.3) is 0 Å². The SMILES string of the molecule is O=C(Nc1c(F)cccc1F)N1CCCC(c2nnc(-c3ccccc3F)s2)C1. The van der Waals surface area contributed by atoms with E-state index < -0.39 is 23.4 Å². The van der Waals surface area contributed by atoms with E-state index in [4.69, 9.17) is 0 Å². The Kier molecular flexibility index (Phi) is 5.48. The third-order valence-corrected chi connectivity index (χ3v) is 5.92. The van der Waals surface area contributed by atoms with Crippen molar-refractivity contribution in [2.75, 3.05) is 18.4 Å². The Morgan fingerprint density at radius 1 is 1.03 bits per heavy atom. The normalized spacial score (nSPS) is 16.7. The molecular weight excluding hydrogens is 401 g/mol. The number of halogens is 3. The Bertz CT molecular complexity index is 1020. The molecule has 2 heterocycles. The van der Waals surface area contributed by atoms with Gasteiger partial charge in [0.15, 0.2) is 5.01 Å². The first-order chi connectivity index (χ1) is 14.0. The topological polar surface area (TPSA) is 58.1 Å². The highest BCUT2D eigenvalue weighted by Gasteiger charge is 2.28. The average Bonchev–Trinajstić information content (AvgIpc) is 3.21. The summed E-state index contributed by atoms with van der Waals surface area (Å²) in [5.41, 5.74) is -0.0749. The van der Waals surface area contributed by atoms with E-state index in [0.717, 1.165) is 18.6 Å². The fraction of sp³-hybridized carbons (Fsp3) is 0.250. The van der Waals surface area contributed by atoms with Crippen LogP contribution in [0.2, 0.25) is 0 Å². The van der Waals surface area contributed by atoms with Crippen LogP contribution in [0.15, 0.2) is 42.5 Å². The van der Waals surface area contributed by atoms with E-state index in [1.54, 1.807) is 18.2 Å². The molecule has 9 heteroatoms. The van der Waals surface area contributed by atoms with Crippen molar-refractivity contribution in [1.29, 1.82) is 0 Å². The van der Waals surface area contributed by atoms with Gasteiger partial charge in [0.05, 0.1) is 0 Å². The van der Waals surface area contributed by atoms with Crippen molar-refractivity contribution in [1.82, 2.24) is 15.1 Å². The van der Waals surface area contributed by atoms with Crippen LogP contribution in [0.1, 0.15) is 23.8 Å². The highest BCUT2D eigenvalue weighted by Crippen LogP contribution is 2.33. The fourth-order valence-electron chi connectivity index (χ4n) is 3.31. The minimum absolute atomic E-state index is 0.0713. The number of likely N-dealkylation sites (tertiary alicyclic amines) is 1. The summed E-state index contributed by atoms with van der Waals surface area (Å²) < 4.78 is 41.6. The van der Waals surface area contributed by atoms with Gasteiger partial charge in [-0.2, -0.15) is 0 Å². The molecule has 1 N–H and O–H groups in total. The van der Waals surface area contributed by atoms with Crippen molar-refractivity contribution >= 4 is 23.1 Å². The molecule has 0 aliphatic carbocycles. The van der Waals surface area contributed by atoms with Gasteiger partial charge in [-0.05, 0) is 37.1 Å². The van der Waals surface area contributed by atoms with Crippen LogP contribution in [0, 0.1) is 17.5 Å². The predicted molar refractivity (Wildman–Crippen MR) is 104 cm³/mol. The zero-order chi connectivity index (χ0) is 20.4. The van der Waals surface area contributed by atoms with Crippen molar-refractivity contribution in [2.24, 2.45) is 0 Å². The van der Waals surface area contributed by atoms with Gasteiger partial charge in [0.2, 0.25) is 0 Å². The predicted octanol–water partition coefficient (Wildman–Crippen LogP) is 5.03. The third-order valence-electron chi connectivity index (χ3n) is 4.80. The summed E-state index contributed by atoms with van der Waals surface area (Å²) in [6, 6.07) is 9.18. The maximum atomic E-state index is 14.0. The Balaban J connectivity index is 1.47. The summed E-state index contributed by atoms with van der Waals surface area (Å²) in [4.78, 5) is 14.0. The van der Waals surface area contributed by atoms with Gasteiger partial charge in [-0.25, -0.2) is 18.0 Å². The molecule has 1 aliphatic heterocycles. The van der Waals surface area contributed by atoms with Crippen LogP contribution >= 0.6 is 11.3 Å². The summed E-state index contributed by atoms with van der Waals surface area (Å²) >= 11 is 1.29. The number of carbonyl (C=O) groups excluding carboxylic acids is 1. The first kappa shape index (κ1) is 19.4. The van der Waals surface area contributed by atoms with Gasteiger partial charge in [-0.15, -0.1) is 10.2 Å². The van der Waals surface area contributed by atoms with E-state index in [0.29, 0.717) is 35.1 Å². The monoisotopic (exact) mass is 418 g/mol.